The molecule has 17 heavy (non-hydrogen) atoms. The van der Waals surface area contributed by atoms with Gasteiger partial charge in [-0.1, -0.05) is 12.1 Å². The molecule has 0 aliphatic heterocycles. The molecule has 1 atom stereocenters. The summed E-state index contributed by atoms with van der Waals surface area (Å²) in [6.07, 6.45) is 1.34. The van der Waals surface area contributed by atoms with Crippen molar-refractivity contribution in [2.75, 3.05) is 12.0 Å². The van der Waals surface area contributed by atoms with E-state index >= 15 is 0 Å². The maximum atomic E-state index is 10.9. The van der Waals surface area contributed by atoms with Crippen molar-refractivity contribution in [1.82, 2.24) is 0 Å². The number of hydrogen-bond acceptors (Lipinski definition) is 4. The lowest BCUT2D eigenvalue weighted by molar-refractivity contribution is 0.166. The first-order valence-electron chi connectivity index (χ1n) is 5.28. The topological polar surface area (TPSA) is 78.2 Å². The zero-order chi connectivity index (χ0) is 12.9. The van der Waals surface area contributed by atoms with Crippen molar-refractivity contribution in [2.45, 2.75) is 18.9 Å². The highest BCUT2D eigenvalue weighted by Crippen LogP contribution is 2.18. The Kier molecular flexibility index (Phi) is 4.67. The van der Waals surface area contributed by atoms with Crippen molar-refractivity contribution < 1.29 is 13.5 Å². The van der Waals surface area contributed by atoms with Gasteiger partial charge in [0, 0.05) is 12.0 Å². The normalized spacial score (nSPS) is 13.0. The van der Waals surface area contributed by atoms with Crippen LogP contribution in [0.1, 0.15) is 30.1 Å². The summed E-state index contributed by atoms with van der Waals surface area (Å²) >= 11 is 0. The van der Waals surface area contributed by atoms with Crippen LogP contribution in [-0.4, -0.2) is 25.5 Å². The molecule has 0 heterocycles. The lowest BCUT2D eigenvalue weighted by Gasteiger charge is -2.10. The van der Waals surface area contributed by atoms with E-state index in [1.807, 2.05) is 6.07 Å². The van der Waals surface area contributed by atoms with Crippen LogP contribution >= 0.6 is 0 Å². The Morgan fingerprint density at radius 2 is 1.94 bits per heavy atom. The maximum absolute atomic E-state index is 10.9. The molecule has 1 aromatic rings. The number of nitriles is 1. The van der Waals surface area contributed by atoms with Crippen LogP contribution in [0.25, 0.3) is 0 Å². The summed E-state index contributed by atoms with van der Waals surface area (Å²) in [6.45, 7) is 0. The second-order valence-electron chi connectivity index (χ2n) is 4.02. The molecular formula is C12H15NO3S. The molecule has 4 nitrogen and oxygen atoms in total. The molecule has 0 radical (unpaired) electrons. The highest BCUT2D eigenvalue weighted by Gasteiger charge is 2.09. The molecule has 92 valence electrons. The lowest BCUT2D eigenvalue weighted by Crippen LogP contribution is -2.05. The van der Waals surface area contributed by atoms with E-state index in [0.717, 1.165) is 0 Å². The van der Waals surface area contributed by atoms with E-state index in [2.05, 4.69) is 0 Å². The highest BCUT2D eigenvalue weighted by atomic mass is 32.2. The monoisotopic (exact) mass is 253 g/mol. The van der Waals surface area contributed by atoms with E-state index in [1.54, 1.807) is 24.3 Å². The van der Waals surface area contributed by atoms with Crippen molar-refractivity contribution in [1.29, 1.82) is 5.26 Å². The molecule has 1 N–H and O–H groups in total. The van der Waals surface area contributed by atoms with Gasteiger partial charge in [-0.3, -0.25) is 0 Å². The number of sulfone groups is 1. The Morgan fingerprint density at radius 3 is 2.41 bits per heavy atom. The predicted octanol–water partition coefficient (Wildman–Crippen LogP) is 1.42. The minimum Gasteiger partial charge on any atom is -0.388 e. The first-order valence-corrected chi connectivity index (χ1v) is 7.34. The van der Waals surface area contributed by atoms with E-state index in [0.29, 0.717) is 24.0 Å². The van der Waals surface area contributed by atoms with Gasteiger partial charge in [0.1, 0.15) is 9.84 Å². The Morgan fingerprint density at radius 1 is 1.35 bits per heavy atom. The third-order valence-electron chi connectivity index (χ3n) is 2.42. The van der Waals surface area contributed by atoms with Gasteiger partial charge >= 0.3 is 0 Å². The smallest absolute Gasteiger partial charge is 0.147 e. The van der Waals surface area contributed by atoms with Gasteiger partial charge < -0.3 is 5.11 Å². The zero-order valence-corrected chi connectivity index (χ0v) is 10.4. The summed E-state index contributed by atoms with van der Waals surface area (Å²) in [5, 5.41) is 18.4. The van der Waals surface area contributed by atoms with Crippen LogP contribution < -0.4 is 0 Å². The first kappa shape index (κ1) is 13.7. The Balaban J connectivity index is 2.52. The maximum Gasteiger partial charge on any atom is 0.147 e. The van der Waals surface area contributed by atoms with Crippen LogP contribution in [-0.2, 0) is 9.84 Å². The molecule has 0 aliphatic carbocycles. The predicted molar refractivity (Wildman–Crippen MR) is 65.1 cm³/mol. The minimum absolute atomic E-state index is 0.0837. The van der Waals surface area contributed by atoms with E-state index in [4.69, 9.17) is 5.26 Å². The van der Waals surface area contributed by atoms with Crippen molar-refractivity contribution in [3.8, 4) is 6.07 Å². The molecule has 0 aromatic heterocycles. The molecule has 0 bridgehead atoms. The molecule has 0 fully saturated rings. The van der Waals surface area contributed by atoms with Gasteiger partial charge in [-0.2, -0.15) is 5.26 Å². The van der Waals surface area contributed by atoms with Gasteiger partial charge in [0.2, 0.25) is 0 Å². The number of nitrogens with zero attached hydrogens (tertiary/aromatic N) is 1. The largest absolute Gasteiger partial charge is 0.388 e. The highest BCUT2D eigenvalue weighted by molar-refractivity contribution is 7.90. The first-order chi connectivity index (χ1) is 7.92. The molecule has 1 unspecified atom stereocenters. The second kappa shape index (κ2) is 5.80. The van der Waals surface area contributed by atoms with Crippen LogP contribution in [0.3, 0.4) is 0 Å². The summed E-state index contributed by atoms with van der Waals surface area (Å²) < 4.78 is 21.8. The van der Waals surface area contributed by atoms with Gasteiger partial charge in [0.25, 0.3) is 0 Å². The number of benzene rings is 1. The molecule has 0 saturated carbocycles. The number of rotatable bonds is 5. The molecule has 0 amide bonds. The fourth-order valence-corrected chi connectivity index (χ4v) is 2.18. The van der Waals surface area contributed by atoms with Crippen molar-refractivity contribution >= 4 is 9.84 Å². The Hall–Kier alpha value is -1.38. The van der Waals surface area contributed by atoms with Crippen LogP contribution in [0.15, 0.2) is 24.3 Å². The second-order valence-corrected chi connectivity index (χ2v) is 6.28. The van der Waals surface area contributed by atoms with Gasteiger partial charge in [0.15, 0.2) is 0 Å². The van der Waals surface area contributed by atoms with Gasteiger partial charge in [-0.25, -0.2) is 8.42 Å². The van der Waals surface area contributed by atoms with E-state index in [-0.39, 0.29) is 5.75 Å². The third-order valence-corrected chi connectivity index (χ3v) is 3.45. The Bertz CT molecular complexity index is 500. The quantitative estimate of drug-likeness (QED) is 0.860. The van der Waals surface area contributed by atoms with Gasteiger partial charge in [0.05, 0.1) is 17.7 Å². The molecule has 0 saturated heterocycles. The summed E-state index contributed by atoms with van der Waals surface area (Å²) in [7, 11) is -2.97. The van der Waals surface area contributed by atoms with Crippen molar-refractivity contribution in [3.63, 3.8) is 0 Å². The van der Waals surface area contributed by atoms with Gasteiger partial charge in [-0.05, 0) is 30.5 Å². The van der Waals surface area contributed by atoms with Gasteiger partial charge in [-0.15, -0.1) is 0 Å². The average molecular weight is 253 g/mol. The third kappa shape index (κ3) is 4.98. The van der Waals surface area contributed by atoms with Crippen molar-refractivity contribution in [3.05, 3.63) is 35.4 Å². The molecule has 5 heteroatoms. The molecule has 1 rings (SSSR count). The average Bonchev–Trinajstić information content (AvgIpc) is 2.27. The van der Waals surface area contributed by atoms with Crippen LogP contribution in [0.4, 0.5) is 0 Å². The molecule has 1 aromatic carbocycles. The summed E-state index contributed by atoms with van der Waals surface area (Å²) in [6, 6.07) is 8.63. The summed E-state index contributed by atoms with van der Waals surface area (Å²) in [4.78, 5) is 0. The number of aliphatic hydroxyl groups is 1. The van der Waals surface area contributed by atoms with Crippen LogP contribution in [0, 0.1) is 11.3 Å². The SMILES string of the molecule is CS(=O)(=O)CCCC(O)c1ccc(C#N)cc1. The number of aliphatic hydroxyl groups excluding tert-OH is 1. The lowest BCUT2D eigenvalue weighted by atomic mass is 10.0. The fourth-order valence-electron chi connectivity index (χ4n) is 1.49. The number of hydrogen-bond donors (Lipinski definition) is 1. The van der Waals surface area contributed by atoms with E-state index in [9.17, 15) is 13.5 Å². The Labute approximate surface area is 101 Å². The summed E-state index contributed by atoms with van der Waals surface area (Å²) in [5.74, 6) is 0.0837. The van der Waals surface area contributed by atoms with Crippen molar-refractivity contribution in [2.24, 2.45) is 0 Å². The van der Waals surface area contributed by atoms with Crippen LogP contribution in [0.5, 0.6) is 0 Å². The standard InChI is InChI=1S/C12H15NO3S/c1-17(15,16)8-2-3-12(14)11-6-4-10(9-13)5-7-11/h4-7,12,14H,2-3,8H2,1H3. The van der Waals surface area contributed by atoms with E-state index < -0.39 is 15.9 Å². The zero-order valence-electron chi connectivity index (χ0n) is 9.63. The molecule has 0 spiro atoms. The summed E-state index contributed by atoms with van der Waals surface area (Å²) in [5.41, 5.74) is 1.24. The van der Waals surface area contributed by atoms with Crippen LogP contribution in [0.2, 0.25) is 0 Å². The fraction of sp³-hybridized carbons (Fsp3) is 0.417. The molecular weight excluding hydrogens is 238 g/mol. The minimum atomic E-state index is -2.97. The molecule has 0 aliphatic rings. The van der Waals surface area contributed by atoms with E-state index in [1.165, 1.54) is 6.26 Å².